The molecule has 0 bridgehead atoms. The van der Waals surface area contributed by atoms with Crippen molar-refractivity contribution < 1.29 is 14.3 Å². The highest BCUT2D eigenvalue weighted by Gasteiger charge is 2.16. The molecule has 0 aliphatic heterocycles. The van der Waals surface area contributed by atoms with Gasteiger partial charge in [-0.05, 0) is 12.8 Å². The lowest BCUT2D eigenvalue weighted by Crippen LogP contribution is -2.20. The first kappa shape index (κ1) is 15.4. The van der Waals surface area contributed by atoms with Crippen LogP contribution >= 0.6 is 0 Å². The molecule has 4 heteroatoms. The van der Waals surface area contributed by atoms with E-state index in [0.29, 0.717) is 26.4 Å². The van der Waals surface area contributed by atoms with E-state index < -0.39 is 0 Å². The van der Waals surface area contributed by atoms with E-state index in [9.17, 15) is 4.79 Å². The smallest absolute Gasteiger partial charge is 0.308 e. The average Bonchev–Trinajstić information content (AvgIpc) is 2.30. The molecule has 0 aromatic heterocycles. The Morgan fingerprint density at radius 3 is 2.56 bits per heavy atom. The number of unbranched alkanes of at least 4 members (excludes halogenated alkanes) is 1. The van der Waals surface area contributed by atoms with Gasteiger partial charge in [0.25, 0.3) is 0 Å². The van der Waals surface area contributed by atoms with Crippen molar-refractivity contribution in [3.63, 3.8) is 0 Å². The number of rotatable bonds is 10. The first-order valence-electron chi connectivity index (χ1n) is 6.20. The molecule has 0 aliphatic carbocycles. The molecule has 2 N–H and O–H groups in total. The van der Waals surface area contributed by atoms with Crippen LogP contribution < -0.4 is 5.73 Å². The first-order chi connectivity index (χ1) is 7.76. The Kier molecular flexibility index (Phi) is 10.5. The van der Waals surface area contributed by atoms with Crippen LogP contribution in [0.15, 0.2) is 0 Å². The third-order valence-corrected chi connectivity index (χ3v) is 2.47. The van der Waals surface area contributed by atoms with Crippen LogP contribution in [0.4, 0.5) is 0 Å². The maximum Gasteiger partial charge on any atom is 0.308 e. The van der Waals surface area contributed by atoms with Crippen LogP contribution in [0.3, 0.4) is 0 Å². The second-order valence-corrected chi connectivity index (χ2v) is 3.82. The van der Waals surface area contributed by atoms with E-state index in [1.807, 2.05) is 6.92 Å². The van der Waals surface area contributed by atoms with E-state index in [1.165, 1.54) is 0 Å². The van der Waals surface area contributed by atoms with Crippen LogP contribution in [0.2, 0.25) is 0 Å². The minimum atomic E-state index is -0.0905. The molecule has 0 spiro atoms. The Morgan fingerprint density at radius 1 is 1.25 bits per heavy atom. The molecule has 0 saturated carbocycles. The lowest BCUT2D eigenvalue weighted by atomic mass is 10.00. The fraction of sp³-hybridized carbons (Fsp3) is 0.917. The average molecular weight is 231 g/mol. The fourth-order valence-electron chi connectivity index (χ4n) is 1.44. The van der Waals surface area contributed by atoms with Crippen LogP contribution in [0.1, 0.15) is 39.5 Å². The van der Waals surface area contributed by atoms with Gasteiger partial charge in [0, 0.05) is 6.54 Å². The van der Waals surface area contributed by atoms with Crippen molar-refractivity contribution >= 4 is 5.97 Å². The van der Waals surface area contributed by atoms with Gasteiger partial charge in [-0.2, -0.15) is 0 Å². The van der Waals surface area contributed by atoms with Gasteiger partial charge in [0.05, 0.1) is 19.1 Å². The van der Waals surface area contributed by atoms with Crippen molar-refractivity contribution in [2.24, 2.45) is 11.7 Å². The van der Waals surface area contributed by atoms with Crippen LogP contribution in [-0.2, 0) is 14.3 Å². The molecule has 0 aliphatic rings. The molecular formula is C12H25NO3. The second-order valence-electron chi connectivity index (χ2n) is 3.82. The van der Waals surface area contributed by atoms with Crippen molar-refractivity contribution in [1.82, 2.24) is 0 Å². The molecule has 0 radical (unpaired) electrons. The largest absolute Gasteiger partial charge is 0.463 e. The summed E-state index contributed by atoms with van der Waals surface area (Å²) in [6, 6.07) is 0. The summed E-state index contributed by atoms with van der Waals surface area (Å²) in [7, 11) is 0. The Hall–Kier alpha value is -0.610. The van der Waals surface area contributed by atoms with Gasteiger partial charge in [-0.3, -0.25) is 4.79 Å². The zero-order chi connectivity index (χ0) is 12.2. The first-order valence-corrected chi connectivity index (χ1v) is 6.20. The minimum absolute atomic E-state index is 0.0504. The normalized spacial score (nSPS) is 12.4. The van der Waals surface area contributed by atoms with Crippen molar-refractivity contribution in [2.45, 2.75) is 39.5 Å². The minimum Gasteiger partial charge on any atom is -0.463 e. The summed E-state index contributed by atoms with van der Waals surface area (Å²) >= 11 is 0. The summed E-state index contributed by atoms with van der Waals surface area (Å²) < 4.78 is 10.3. The highest BCUT2D eigenvalue weighted by molar-refractivity contribution is 5.72. The van der Waals surface area contributed by atoms with E-state index in [2.05, 4.69) is 6.92 Å². The Bertz CT molecular complexity index is 174. The standard InChI is InChI=1S/C12H25NO3/c1-3-5-6-11(4-2)12(14)16-10-9-15-8-7-13/h11H,3-10,13H2,1-2H3. The quantitative estimate of drug-likeness (QED) is 0.459. The van der Waals surface area contributed by atoms with Crippen LogP contribution in [-0.4, -0.2) is 32.3 Å². The predicted molar refractivity (Wildman–Crippen MR) is 64.1 cm³/mol. The van der Waals surface area contributed by atoms with Crippen LogP contribution in [0, 0.1) is 5.92 Å². The highest BCUT2D eigenvalue weighted by atomic mass is 16.6. The molecule has 1 atom stereocenters. The lowest BCUT2D eigenvalue weighted by molar-refractivity contribution is -0.150. The van der Waals surface area contributed by atoms with Crippen molar-refractivity contribution in [3.05, 3.63) is 0 Å². The van der Waals surface area contributed by atoms with Crippen molar-refractivity contribution in [2.75, 3.05) is 26.4 Å². The molecule has 4 nitrogen and oxygen atoms in total. The third kappa shape index (κ3) is 7.65. The summed E-state index contributed by atoms with van der Waals surface area (Å²) in [5.41, 5.74) is 5.26. The maximum atomic E-state index is 11.6. The monoisotopic (exact) mass is 231 g/mol. The van der Waals surface area contributed by atoms with Crippen molar-refractivity contribution in [1.29, 1.82) is 0 Å². The van der Waals surface area contributed by atoms with Gasteiger partial charge < -0.3 is 15.2 Å². The summed E-state index contributed by atoms with van der Waals surface area (Å²) in [4.78, 5) is 11.6. The molecule has 0 amide bonds. The van der Waals surface area contributed by atoms with Gasteiger partial charge >= 0.3 is 5.97 Å². The van der Waals surface area contributed by atoms with Crippen LogP contribution in [0.5, 0.6) is 0 Å². The number of ether oxygens (including phenoxy) is 2. The van der Waals surface area contributed by atoms with E-state index in [1.54, 1.807) is 0 Å². The number of nitrogens with two attached hydrogens (primary N) is 1. The summed E-state index contributed by atoms with van der Waals surface area (Å²) in [6.07, 6.45) is 3.97. The Morgan fingerprint density at radius 2 is 2.00 bits per heavy atom. The molecule has 0 aromatic carbocycles. The van der Waals surface area contributed by atoms with E-state index in [4.69, 9.17) is 15.2 Å². The molecule has 0 heterocycles. The molecule has 16 heavy (non-hydrogen) atoms. The SMILES string of the molecule is CCCCC(CC)C(=O)OCCOCCN. The molecule has 0 rings (SSSR count). The highest BCUT2D eigenvalue weighted by Crippen LogP contribution is 2.14. The molecule has 0 fully saturated rings. The summed E-state index contributed by atoms with van der Waals surface area (Å²) in [5.74, 6) is -0.0400. The van der Waals surface area contributed by atoms with E-state index in [-0.39, 0.29) is 11.9 Å². The number of carbonyl (C=O) groups is 1. The maximum absolute atomic E-state index is 11.6. The molecule has 1 unspecified atom stereocenters. The zero-order valence-electron chi connectivity index (χ0n) is 10.5. The second kappa shape index (κ2) is 10.9. The predicted octanol–water partition coefficient (Wildman–Crippen LogP) is 1.72. The van der Waals surface area contributed by atoms with E-state index >= 15 is 0 Å². The third-order valence-electron chi connectivity index (χ3n) is 2.47. The Labute approximate surface area is 98.5 Å². The number of carbonyl (C=O) groups excluding carboxylic acids is 1. The van der Waals surface area contributed by atoms with Crippen molar-refractivity contribution in [3.8, 4) is 0 Å². The van der Waals surface area contributed by atoms with Gasteiger partial charge in [-0.15, -0.1) is 0 Å². The number of hydrogen-bond acceptors (Lipinski definition) is 4. The van der Waals surface area contributed by atoms with Crippen LogP contribution in [0.25, 0.3) is 0 Å². The number of esters is 1. The molecule has 0 aromatic rings. The van der Waals surface area contributed by atoms with Gasteiger partial charge in [0.15, 0.2) is 0 Å². The van der Waals surface area contributed by atoms with Gasteiger partial charge in [-0.1, -0.05) is 26.7 Å². The topological polar surface area (TPSA) is 61.5 Å². The number of hydrogen-bond donors (Lipinski definition) is 1. The molecular weight excluding hydrogens is 206 g/mol. The zero-order valence-corrected chi connectivity index (χ0v) is 10.5. The molecule has 96 valence electrons. The fourth-order valence-corrected chi connectivity index (χ4v) is 1.44. The summed E-state index contributed by atoms with van der Waals surface area (Å²) in [6.45, 7) is 5.94. The van der Waals surface area contributed by atoms with Gasteiger partial charge in [-0.25, -0.2) is 0 Å². The summed E-state index contributed by atoms with van der Waals surface area (Å²) in [5, 5.41) is 0. The van der Waals surface area contributed by atoms with Gasteiger partial charge in [0.1, 0.15) is 6.61 Å². The molecule has 0 saturated heterocycles. The lowest BCUT2D eigenvalue weighted by Gasteiger charge is -2.13. The van der Waals surface area contributed by atoms with Gasteiger partial charge in [0.2, 0.25) is 0 Å². The Balaban J connectivity index is 3.58. The van der Waals surface area contributed by atoms with E-state index in [0.717, 1.165) is 25.7 Å².